The highest BCUT2D eigenvalue weighted by Gasteiger charge is 2.18. The van der Waals surface area contributed by atoms with Gasteiger partial charge in [-0.1, -0.05) is 0 Å². The van der Waals surface area contributed by atoms with Crippen molar-refractivity contribution in [2.45, 2.75) is 6.92 Å². The van der Waals surface area contributed by atoms with Crippen molar-refractivity contribution in [3.05, 3.63) is 34.9 Å². The SMILES string of the molecule is COC(=O)c1cc(C(C)=O)cc(F)c1F. The van der Waals surface area contributed by atoms with E-state index in [1.807, 2.05) is 0 Å². The van der Waals surface area contributed by atoms with Crippen LogP contribution in [-0.2, 0) is 4.74 Å². The average Bonchev–Trinajstić information content (AvgIpc) is 2.20. The van der Waals surface area contributed by atoms with Crippen LogP contribution in [0.25, 0.3) is 0 Å². The van der Waals surface area contributed by atoms with Gasteiger partial charge in [-0.15, -0.1) is 0 Å². The minimum atomic E-state index is -1.31. The summed E-state index contributed by atoms with van der Waals surface area (Å²) in [6.07, 6.45) is 0. The number of carbonyl (C=O) groups is 2. The van der Waals surface area contributed by atoms with Crippen LogP contribution >= 0.6 is 0 Å². The molecule has 0 heterocycles. The van der Waals surface area contributed by atoms with Crippen LogP contribution in [0.5, 0.6) is 0 Å². The third-order valence-electron chi connectivity index (χ3n) is 1.84. The van der Waals surface area contributed by atoms with Crippen LogP contribution in [0.2, 0.25) is 0 Å². The number of rotatable bonds is 2. The van der Waals surface area contributed by atoms with Gasteiger partial charge < -0.3 is 4.74 Å². The van der Waals surface area contributed by atoms with Gasteiger partial charge in [-0.05, 0) is 19.1 Å². The van der Waals surface area contributed by atoms with Crippen molar-refractivity contribution in [1.82, 2.24) is 0 Å². The number of ether oxygens (including phenoxy) is 1. The molecule has 0 aliphatic carbocycles. The third-order valence-corrected chi connectivity index (χ3v) is 1.84. The van der Waals surface area contributed by atoms with Gasteiger partial charge >= 0.3 is 5.97 Å². The Morgan fingerprint density at radius 3 is 2.33 bits per heavy atom. The van der Waals surface area contributed by atoms with E-state index in [0.717, 1.165) is 19.2 Å². The zero-order valence-electron chi connectivity index (χ0n) is 8.14. The van der Waals surface area contributed by atoms with E-state index < -0.39 is 29.0 Å². The van der Waals surface area contributed by atoms with Crippen LogP contribution < -0.4 is 0 Å². The Morgan fingerprint density at radius 2 is 1.87 bits per heavy atom. The van der Waals surface area contributed by atoms with E-state index in [0.29, 0.717) is 0 Å². The molecule has 0 N–H and O–H groups in total. The highest BCUT2D eigenvalue weighted by Crippen LogP contribution is 2.16. The quantitative estimate of drug-likeness (QED) is 0.558. The number of esters is 1. The molecule has 1 aromatic rings. The summed E-state index contributed by atoms with van der Waals surface area (Å²) in [6.45, 7) is 1.19. The smallest absolute Gasteiger partial charge is 0.340 e. The van der Waals surface area contributed by atoms with Crippen molar-refractivity contribution in [3.8, 4) is 0 Å². The molecule has 0 saturated heterocycles. The summed E-state index contributed by atoms with van der Waals surface area (Å²) < 4.78 is 30.3. The van der Waals surface area contributed by atoms with Crippen molar-refractivity contribution in [2.75, 3.05) is 7.11 Å². The minimum Gasteiger partial charge on any atom is -0.465 e. The summed E-state index contributed by atoms with van der Waals surface area (Å²) in [4.78, 5) is 22.0. The van der Waals surface area contributed by atoms with Gasteiger partial charge in [0.05, 0.1) is 12.7 Å². The summed E-state index contributed by atoms with van der Waals surface area (Å²) in [5.41, 5.74) is -0.656. The summed E-state index contributed by atoms with van der Waals surface area (Å²) >= 11 is 0. The normalized spacial score (nSPS) is 9.87. The van der Waals surface area contributed by atoms with E-state index in [-0.39, 0.29) is 5.56 Å². The molecule has 3 nitrogen and oxygen atoms in total. The molecule has 0 radical (unpaired) electrons. The maximum atomic E-state index is 13.1. The number of methoxy groups -OCH3 is 1. The summed E-state index contributed by atoms with van der Waals surface area (Å²) in [7, 11) is 1.04. The fraction of sp³-hybridized carbons (Fsp3) is 0.200. The topological polar surface area (TPSA) is 43.4 Å². The van der Waals surface area contributed by atoms with Gasteiger partial charge in [0.15, 0.2) is 17.4 Å². The average molecular weight is 214 g/mol. The number of hydrogen-bond donors (Lipinski definition) is 0. The van der Waals surface area contributed by atoms with Crippen molar-refractivity contribution < 1.29 is 23.1 Å². The first-order valence-electron chi connectivity index (χ1n) is 4.05. The van der Waals surface area contributed by atoms with Crippen LogP contribution in [0.3, 0.4) is 0 Å². The predicted octanol–water partition coefficient (Wildman–Crippen LogP) is 1.95. The lowest BCUT2D eigenvalue weighted by Crippen LogP contribution is -2.08. The van der Waals surface area contributed by atoms with Crippen molar-refractivity contribution in [1.29, 1.82) is 0 Å². The first kappa shape index (κ1) is 11.3. The van der Waals surface area contributed by atoms with Gasteiger partial charge in [0.1, 0.15) is 0 Å². The van der Waals surface area contributed by atoms with Crippen LogP contribution in [0.15, 0.2) is 12.1 Å². The number of benzene rings is 1. The molecule has 0 fully saturated rings. The maximum Gasteiger partial charge on any atom is 0.340 e. The lowest BCUT2D eigenvalue weighted by atomic mass is 10.1. The van der Waals surface area contributed by atoms with Crippen molar-refractivity contribution in [2.24, 2.45) is 0 Å². The van der Waals surface area contributed by atoms with Crippen LogP contribution in [0.4, 0.5) is 8.78 Å². The maximum absolute atomic E-state index is 13.1. The fourth-order valence-corrected chi connectivity index (χ4v) is 1.05. The van der Waals surface area contributed by atoms with Crippen LogP contribution in [0, 0.1) is 11.6 Å². The molecule has 1 aromatic carbocycles. The zero-order valence-corrected chi connectivity index (χ0v) is 8.14. The summed E-state index contributed by atoms with van der Waals surface area (Å²) in [6, 6.07) is 1.71. The summed E-state index contributed by atoms with van der Waals surface area (Å²) in [5.74, 6) is -4.04. The molecular weight excluding hydrogens is 206 g/mol. The fourth-order valence-electron chi connectivity index (χ4n) is 1.05. The lowest BCUT2D eigenvalue weighted by molar-refractivity contribution is 0.0594. The second-order valence-electron chi connectivity index (χ2n) is 2.87. The molecule has 0 amide bonds. The van der Waals surface area contributed by atoms with Gasteiger partial charge in [0, 0.05) is 5.56 Å². The Bertz CT molecular complexity index is 427. The Balaban J connectivity index is 3.37. The van der Waals surface area contributed by atoms with Gasteiger partial charge in [0.25, 0.3) is 0 Å². The minimum absolute atomic E-state index is 0.0747. The summed E-state index contributed by atoms with van der Waals surface area (Å²) in [5, 5.41) is 0. The second-order valence-corrected chi connectivity index (χ2v) is 2.87. The van der Waals surface area contributed by atoms with E-state index in [1.54, 1.807) is 0 Å². The highest BCUT2D eigenvalue weighted by molar-refractivity contribution is 5.98. The largest absolute Gasteiger partial charge is 0.465 e. The molecule has 0 aliphatic heterocycles. The Hall–Kier alpha value is -1.78. The van der Waals surface area contributed by atoms with Gasteiger partial charge in [-0.2, -0.15) is 0 Å². The van der Waals surface area contributed by atoms with Crippen LogP contribution in [0.1, 0.15) is 27.6 Å². The van der Waals surface area contributed by atoms with E-state index >= 15 is 0 Å². The molecule has 0 atom stereocenters. The number of hydrogen-bond acceptors (Lipinski definition) is 3. The first-order valence-corrected chi connectivity index (χ1v) is 4.05. The number of carbonyl (C=O) groups excluding carboxylic acids is 2. The number of ketones is 1. The van der Waals surface area contributed by atoms with Crippen LogP contribution in [-0.4, -0.2) is 18.9 Å². The molecule has 0 saturated carbocycles. The molecule has 0 aliphatic rings. The van der Waals surface area contributed by atoms with Gasteiger partial charge in [0.2, 0.25) is 0 Å². The standard InChI is InChI=1S/C10H8F2O3/c1-5(13)6-3-7(10(14)15-2)9(12)8(11)4-6/h3-4H,1-2H3. The molecule has 5 heteroatoms. The Labute approximate surface area is 84.7 Å². The number of Topliss-reactive ketones (excluding diaryl/α,β-unsaturated/α-hetero) is 1. The molecule has 0 unspecified atom stereocenters. The van der Waals surface area contributed by atoms with Gasteiger partial charge in [-0.25, -0.2) is 13.6 Å². The molecule has 15 heavy (non-hydrogen) atoms. The van der Waals surface area contributed by atoms with Gasteiger partial charge in [-0.3, -0.25) is 4.79 Å². The van der Waals surface area contributed by atoms with E-state index in [9.17, 15) is 18.4 Å². The molecule has 0 aromatic heterocycles. The predicted molar refractivity (Wildman–Crippen MR) is 47.7 cm³/mol. The van der Waals surface area contributed by atoms with E-state index in [2.05, 4.69) is 4.74 Å². The molecule has 1 rings (SSSR count). The monoisotopic (exact) mass is 214 g/mol. The molecule has 0 bridgehead atoms. The first-order chi connectivity index (χ1) is 6.97. The molecule has 80 valence electrons. The zero-order chi connectivity index (χ0) is 11.6. The number of halogens is 2. The Kier molecular flexibility index (Phi) is 3.14. The molecular formula is C10H8F2O3. The van der Waals surface area contributed by atoms with E-state index in [4.69, 9.17) is 0 Å². The second kappa shape index (κ2) is 4.16. The van der Waals surface area contributed by atoms with Crippen molar-refractivity contribution >= 4 is 11.8 Å². The lowest BCUT2D eigenvalue weighted by Gasteiger charge is -2.04. The van der Waals surface area contributed by atoms with Crippen molar-refractivity contribution in [3.63, 3.8) is 0 Å². The Morgan fingerprint density at radius 1 is 1.27 bits per heavy atom. The molecule has 0 spiro atoms. The highest BCUT2D eigenvalue weighted by atomic mass is 19.2. The van der Waals surface area contributed by atoms with E-state index in [1.165, 1.54) is 6.92 Å². The third kappa shape index (κ3) is 2.18.